The van der Waals surface area contributed by atoms with Crippen molar-refractivity contribution in [2.45, 2.75) is 0 Å². The van der Waals surface area contributed by atoms with Crippen molar-refractivity contribution in [1.29, 1.82) is 0 Å². The molecule has 0 aliphatic rings. The fraction of sp³-hybridized carbons (Fsp3) is 0.111. The topological polar surface area (TPSA) is 93.8 Å². The lowest BCUT2D eigenvalue weighted by atomic mass is 10.2. The Morgan fingerprint density at radius 3 is 2.73 bits per heavy atom. The number of guanidine groups is 1. The first-order valence-electron chi connectivity index (χ1n) is 4.22. The lowest BCUT2D eigenvalue weighted by Gasteiger charge is -1.96. The molecule has 0 aliphatic carbocycles. The molecule has 15 heavy (non-hydrogen) atoms. The average Bonchev–Trinajstić information content (AvgIpc) is 2.29. The van der Waals surface area contributed by atoms with Gasteiger partial charge in [-0.15, -0.1) is 5.10 Å². The van der Waals surface area contributed by atoms with Gasteiger partial charge in [-0.2, -0.15) is 0 Å². The third kappa shape index (κ3) is 3.65. The van der Waals surface area contributed by atoms with Crippen LogP contribution in [0.1, 0.15) is 5.56 Å². The van der Waals surface area contributed by atoms with Crippen LogP contribution in [0.2, 0.25) is 0 Å². The van der Waals surface area contributed by atoms with E-state index in [1.807, 2.05) is 24.3 Å². The minimum Gasteiger partial charge on any atom is -0.497 e. The van der Waals surface area contributed by atoms with Crippen LogP contribution in [0.3, 0.4) is 0 Å². The molecular weight excluding hydrogens is 196 g/mol. The van der Waals surface area contributed by atoms with Crippen LogP contribution in [0.4, 0.5) is 0 Å². The zero-order valence-corrected chi connectivity index (χ0v) is 8.27. The second-order valence-electron chi connectivity index (χ2n) is 2.66. The summed E-state index contributed by atoms with van der Waals surface area (Å²) in [4.78, 5) is 0. The van der Waals surface area contributed by atoms with Gasteiger partial charge < -0.3 is 10.5 Å². The van der Waals surface area contributed by atoms with E-state index in [0.29, 0.717) is 0 Å². The van der Waals surface area contributed by atoms with Crippen LogP contribution in [0, 0.1) is 0 Å². The molecule has 5 N–H and O–H groups in total. The second-order valence-corrected chi connectivity index (χ2v) is 2.66. The molecular formula is C9H13N4O2+. The minimum atomic E-state index is -0.111. The highest BCUT2D eigenvalue weighted by Crippen LogP contribution is 2.08. The van der Waals surface area contributed by atoms with Crippen LogP contribution < -0.4 is 21.1 Å². The SMILES string of the molecule is COc1ccc(C=[NH+]N=C(N)NO)cc1. The predicted octanol–water partition coefficient (Wildman–Crippen LogP) is -1.60. The summed E-state index contributed by atoms with van der Waals surface area (Å²) in [5, 5.41) is 14.5. The van der Waals surface area contributed by atoms with E-state index in [4.69, 9.17) is 15.7 Å². The normalized spacial score (nSPS) is 11.7. The zero-order valence-electron chi connectivity index (χ0n) is 8.27. The van der Waals surface area contributed by atoms with Gasteiger partial charge >= 0.3 is 0 Å². The summed E-state index contributed by atoms with van der Waals surface area (Å²) in [5.41, 5.74) is 7.77. The number of hydroxylamine groups is 1. The molecule has 1 aromatic rings. The number of nitrogens with two attached hydrogens (primary N) is 1. The number of nitrogens with one attached hydrogen (secondary N) is 2. The van der Waals surface area contributed by atoms with Crippen LogP contribution >= 0.6 is 0 Å². The lowest BCUT2D eigenvalue weighted by molar-refractivity contribution is -0.457. The van der Waals surface area contributed by atoms with E-state index < -0.39 is 0 Å². The van der Waals surface area contributed by atoms with Crippen molar-refractivity contribution in [1.82, 2.24) is 5.48 Å². The van der Waals surface area contributed by atoms with Crippen molar-refractivity contribution in [3.63, 3.8) is 0 Å². The molecule has 0 spiro atoms. The van der Waals surface area contributed by atoms with Crippen molar-refractivity contribution >= 4 is 12.2 Å². The standard InChI is InChI=1S/C9H12N4O2/c1-15-8-4-2-7(3-5-8)6-11-12-9(10)13-14/h2-6,14H,1H3,(H3,10,12,13)/p+1. The second kappa shape index (κ2) is 5.61. The molecule has 0 amide bonds. The molecule has 0 aromatic heterocycles. The molecule has 1 rings (SSSR count). The number of methoxy groups -OCH3 is 1. The zero-order chi connectivity index (χ0) is 11.1. The summed E-state index contributed by atoms with van der Waals surface area (Å²) in [5.74, 6) is 0.673. The monoisotopic (exact) mass is 209 g/mol. The Balaban J connectivity index is 2.65. The van der Waals surface area contributed by atoms with Gasteiger partial charge in [0, 0.05) is 10.7 Å². The third-order valence-corrected chi connectivity index (χ3v) is 1.65. The highest BCUT2D eigenvalue weighted by Gasteiger charge is 1.93. The Morgan fingerprint density at radius 1 is 1.53 bits per heavy atom. The Hall–Kier alpha value is -2.08. The molecule has 0 radical (unpaired) electrons. The van der Waals surface area contributed by atoms with E-state index in [1.165, 1.54) is 0 Å². The molecule has 0 fully saturated rings. The highest BCUT2D eigenvalue weighted by atomic mass is 16.5. The molecule has 0 saturated heterocycles. The van der Waals surface area contributed by atoms with Crippen molar-refractivity contribution in [3.8, 4) is 5.75 Å². The molecule has 80 valence electrons. The van der Waals surface area contributed by atoms with Crippen LogP contribution in [0.5, 0.6) is 5.75 Å². The molecule has 1 aromatic carbocycles. The summed E-state index contributed by atoms with van der Waals surface area (Å²) >= 11 is 0. The summed E-state index contributed by atoms with van der Waals surface area (Å²) in [6, 6.07) is 7.35. The summed E-state index contributed by atoms with van der Waals surface area (Å²) in [6.45, 7) is 0. The van der Waals surface area contributed by atoms with E-state index in [-0.39, 0.29) is 5.96 Å². The Kier molecular flexibility index (Phi) is 4.11. The molecule has 0 bridgehead atoms. The summed E-state index contributed by atoms with van der Waals surface area (Å²) in [6.07, 6.45) is 1.63. The van der Waals surface area contributed by atoms with E-state index in [9.17, 15) is 0 Å². The first-order valence-corrected chi connectivity index (χ1v) is 4.22. The maximum absolute atomic E-state index is 8.32. The molecule has 0 atom stereocenters. The number of rotatable bonds is 3. The number of hydrazone groups is 1. The molecule has 6 heteroatoms. The van der Waals surface area contributed by atoms with Crippen LogP contribution in [-0.2, 0) is 0 Å². The molecule has 0 aliphatic heterocycles. The van der Waals surface area contributed by atoms with Crippen LogP contribution in [-0.4, -0.2) is 24.5 Å². The summed E-state index contributed by atoms with van der Waals surface area (Å²) in [7, 11) is 1.61. The van der Waals surface area contributed by atoms with Crippen molar-refractivity contribution in [2.75, 3.05) is 7.11 Å². The fourth-order valence-corrected chi connectivity index (χ4v) is 0.901. The van der Waals surface area contributed by atoms with E-state index in [2.05, 4.69) is 10.2 Å². The Morgan fingerprint density at radius 2 is 2.20 bits per heavy atom. The summed E-state index contributed by atoms with van der Waals surface area (Å²) < 4.78 is 5.00. The molecule has 0 saturated carbocycles. The molecule has 6 nitrogen and oxygen atoms in total. The van der Waals surface area contributed by atoms with Gasteiger partial charge in [-0.05, 0) is 24.3 Å². The smallest absolute Gasteiger partial charge is 0.283 e. The van der Waals surface area contributed by atoms with Gasteiger partial charge in [-0.1, -0.05) is 0 Å². The first kappa shape index (κ1) is 11.0. The highest BCUT2D eigenvalue weighted by molar-refractivity contribution is 5.77. The predicted molar refractivity (Wildman–Crippen MR) is 55.7 cm³/mol. The van der Waals surface area contributed by atoms with Gasteiger partial charge in [0.25, 0.3) is 5.96 Å². The number of ether oxygens (including phenoxy) is 1. The molecule has 0 unspecified atom stereocenters. The minimum absolute atomic E-state index is 0.111. The van der Waals surface area contributed by atoms with E-state index >= 15 is 0 Å². The number of benzene rings is 1. The fourth-order valence-electron chi connectivity index (χ4n) is 0.901. The quantitative estimate of drug-likeness (QED) is 0.274. The van der Waals surface area contributed by atoms with Gasteiger partial charge in [0.1, 0.15) is 5.75 Å². The maximum Gasteiger partial charge on any atom is 0.283 e. The maximum atomic E-state index is 8.32. The van der Waals surface area contributed by atoms with Gasteiger partial charge in [0.05, 0.1) is 7.11 Å². The van der Waals surface area contributed by atoms with Gasteiger partial charge in [-0.3, -0.25) is 5.21 Å². The first-order chi connectivity index (χ1) is 7.26. The largest absolute Gasteiger partial charge is 0.497 e. The van der Waals surface area contributed by atoms with Crippen molar-refractivity contribution in [3.05, 3.63) is 29.8 Å². The third-order valence-electron chi connectivity index (χ3n) is 1.65. The number of hydrogen-bond acceptors (Lipinski definition) is 3. The van der Waals surface area contributed by atoms with Crippen molar-refractivity contribution < 1.29 is 15.0 Å². The van der Waals surface area contributed by atoms with Crippen LogP contribution in [0.25, 0.3) is 0 Å². The average molecular weight is 209 g/mol. The van der Waals surface area contributed by atoms with E-state index in [0.717, 1.165) is 11.3 Å². The van der Waals surface area contributed by atoms with E-state index in [1.54, 1.807) is 18.8 Å². The Labute approximate surface area is 87.0 Å². The van der Waals surface area contributed by atoms with Crippen LogP contribution in [0.15, 0.2) is 29.4 Å². The molecule has 0 heterocycles. The van der Waals surface area contributed by atoms with Crippen molar-refractivity contribution in [2.24, 2.45) is 10.8 Å². The lowest BCUT2D eigenvalue weighted by Crippen LogP contribution is -2.64. The van der Waals surface area contributed by atoms with Gasteiger partial charge in [-0.25, -0.2) is 5.48 Å². The van der Waals surface area contributed by atoms with Gasteiger partial charge in [0.2, 0.25) is 6.21 Å². The number of hydrogen-bond donors (Lipinski definition) is 4. The van der Waals surface area contributed by atoms with Gasteiger partial charge in [0.15, 0.2) is 0 Å². The number of nitrogens with zero attached hydrogens (tertiary/aromatic N) is 1. The Bertz CT molecular complexity index is 359.